The van der Waals surface area contributed by atoms with Crippen LogP contribution in [0, 0.1) is 92.7 Å². The van der Waals surface area contributed by atoms with Crippen molar-refractivity contribution in [1.29, 1.82) is 0 Å². The Labute approximate surface area is 572 Å². The smallest absolute Gasteiger partial charge is 0.306 e. The van der Waals surface area contributed by atoms with Crippen LogP contribution in [0.3, 0.4) is 0 Å². The Morgan fingerprint density at radius 2 is 0.761 bits per heavy atom. The van der Waals surface area contributed by atoms with Crippen LogP contribution in [0.1, 0.15) is 404 Å². The summed E-state index contributed by atoms with van der Waals surface area (Å²) in [5, 5.41) is 0. The lowest BCUT2D eigenvalue weighted by atomic mass is 9.47. The number of fused-ring (bicyclic) bond motifs is 10. The number of allylic oxidation sites excluding steroid dienone is 4. The fourth-order valence-electron chi connectivity index (χ4n) is 22.6. The van der Waals surface area contributed by atoms with E-state index in [1.54, 1.807) is 11.1 Å². The van der Waals surface area contributed by atoms with Gasteiger partial charge in [-0.2, -0.15) is 0 Å². The second kappa shape index (κ2) is 39.7. The van der Waals surface area contributed by atoms with Crippen LogP contribution >= 0.6 is 0 Å². The summed E-state index contributed by atoms with van der Waals surface area (Å²) in [5.41, 5.74) is 5.07. The van der Waals surface area contributed by atoms with Crippen LogP contribution in [0.15, 0.2) is 35.5 Å². The molecule has 0 radical (unpaired) electrons. The first kappa shape index (κ1) is 77.5. The lowest BCUT2D eigenvalue weighted by Crippen LogP contribution is -2.51. The molecule has 0 bridgehead atoms. The van der Waals surface area contributed by atoms with Crippen molar-refractivity contribution in [2.24, 2.45) is 92.7 Å². The number of rotatable bonds is 41. The Morgan fingerprint density at radius 3 is 1.12 bits per heavy atom. The molecule has 6 saturated carbocycles. The lowest BCUT2D eigenvalue weighted by molar-refractivity contribution is -0.152. The minimum Gasteiger partial charge on any atom is -0.462 e. The van der Waals surface area contributed by atoms with Crippen molar-refractivity contribution in [1.82, 2.24) is 0 Å². The third kappa shape index (κ3) is 22.1. The zero-order chi connectivity index (χ0) is 66.0. The average Bonchev–Trinajstić information content (AvgIpc) is 1.38. The molecule has 8 aliphatic rings. The zero-order valence-electron chi connectivity index (χ0n) is 63.4. The van der Waals surface area contributed by atoms with Gasteiger partial charge in [0.15, 0.2) is 0 Å². The van der Waals surface area contributed by atoms with E-state index in [2.05, 4.69) is 107 Å². The van der Waals surface area contributed by atoms with Gasteiger partial charge in [0.25, 0.3) is 0 Å². The predicted molar refractivity (Wildman–Crippen MR) is 396 cm³/mol. The third-order valence-corrected chi connectivity index (χ3v) is 28.2. The summed E-state index contributed by atoms with van der Waals surface area (Å²) >= 11 is 0. The van der Waals surface area contributed by atoms with Gasteiger partial charge in [-0.3, -0.25) is 9.59 Å². The van der Waals surface area contributed by atoms with Crippen LogP contribution in [0.4, 0.5) is 0 Å². The number of carbonyl (C=O) groups is 2. The number of unbranched alkanes of at least 4 members (excludes halogenated alkanes) is 23. The van der Waals surface area contributed by atoms with Crippen LogP contribution in [0.2, 0.25) is 0 Å². The van der Waals surface area contributed by atoms with E-state index < -0.39 is 0 Å². The van der Waals surface area contributed by atoms with Gasteiger partial charge in [-0.15, -0.1) is 0 Å². The van der Waals surface area contributed by atoms with E-state index in [9.17, 15) is 9.59 Å². The first-order valence-corrected chi connectivity index (χ1v) is 41.8. The highest BCUT2D eigenvalue weighted by molar-refractivity contribution is 5.70. The summed E-state index contributed by atoms with van der Waals surface area (Å²) in [6.07, 6.45) is 74.9. The Bertz CT molecular complexity index is 2180. The van der Waals surface area contributed by atoms with Crippen LogP contribution in [-0.4, -0.2) is 24.1 Å². The van der Waals surface area contributed by atoms with E-state index in [1.165, 1.54) is 263 Å². The first-order chi connectivity index (χ1) is 44.4. The van der Waals surface area contributed by atoms with Gasteiger partial charge in [-0.25, -0.2) is 0 Å². The molecular formula is C88H154O4. The predicted octanol–water partition coefficient (Wildman–Crippen LogP) is 27.4. The molecule has 0 amide bonds. The maximum Gasteiger partial charge on any atom is 0.306 e. The highest BCUT2D eigenvalue weighted by Crippen LogP contribution is 2.69. The summed E-state index contributed by atoms with van der Waals surface area (Å²) in [6, 6.07) is 0. The molecule has 0 heterocycles. The molecule has 8 rings (SSSR count). The minimum absolute atomic E-state index is 0.0541. The van der Waals surface area contributed by atoms with E-state index in [1.807, 2.05) is 0 Å². The molecule has 6 fully saturated rings. The molecule has 0 aromatic heterocycles. The normalized spacial score (nSPS) is 32.9. The molecule has 0 N–H and O–H groups in total. The van der Waals surface area contributed by atoms with Gasteiger partial charge in [-0.1, -0.05) is 285 Å². The molecule has 4 heteroatoms. The Hall–Kier alpha value is -1.84. The zero-order valence-corrected chi connectivity index (χ0v) is 63.4. The van der Waals surface area contributed by atoms with Gasteiger partial charge in [0.05, 0.1) is 0 Å². The molecule has 0 aromatic carbocycles. The van der Waals surface area contributed by atoms with Crippen molar-refractivity contribution in [3.8, 4) is 0 Å². The summed E-state index contributed by atoms with van der Waals surface area (Å²) in [4.78, 5) is 25.6. The summed E-state index contributed by atoms with van der Waals surface area (Å²) in [7, 11) is 0. The number of esters is 2. The third-order valence-electron chi connectivity index (χ3n) is 28.2. The van der Waals surface area contributed by atoms with Gasteiger partial charge in [0.2, 0.25) is 0 Å². The SMILES string of the molecule is CCCCCCCC/C=C\CCCCCCCC(=O)OC1CC[C@@]2(C)C(=CCC3C2CC[C@@]2(C)C3CC[C@@H]2[C@H](C)CCCC(C)C)C1.CCCCCCCCCCCCCCCC(=O)OC1CC[C@@]2(C)C(=CCC3C2CC[C@@]2(C)C3CC[C@@H]2[C@H](C)CCCC(C)C)C1. The van der Waals surface area contributed by atoms with E-state index in [4.69, 9.17) is 9.47 Å². The highest BCUT2D eigenvalue weighted by Gasteiger charge is 2.61. The molecule has 4 nitrogen and oxygen atoms in total. The maximum absolute atomic E-state index is 12.8. The van der Waals surface area contributed by atoms with Crippen molar-refractivity contribution in [2.75, 3.05) is 0 Å². The Morgan fingerprint density at radius 1 is 0.413 bits per heavy atom. The van der Waals surface area contributed by atoms with E-state index in [0.717, 1.165) is 116 Å². The van der Waals surface area contributed by atoms with E-state index in [-0.39, 0.29) is 24.1 Å². The molecule has 16 atom stereocenters. The molecular weight excluding hydrogens is 1120 g/mol. The minimum atomic E-state index is 0.0541. The van der Waals surface area contributed by atoms with Crippen LogP contribution in [-0.2, 0) is 19.1 Å². The fourth-order valence-corrected chi connectivity index (χ4v) is 22.6. The summed E-state index contributed by atoms with van der Waals surface area (Å²) < 4.78 is 12.2. The standard InChI is InChI=1S/C45H78O2.C43H76O2/c1-7-8-9-10-11-12-13-14-15-16-17-18-19-20-21-25-43(46)47-38-30-32-44(5)37(34-38)26-27-39-41-29-28-40(36(4)24-22-23-35(2)3)45(41,6)33-31-42(39)44;1-7-8-9-10-11-12-13-14-15-16-17-18-19-23-41(44)45-36-28-30-42(5)35(32-36)24-25-37-39-27-26-38(34(4)22-20-21-33(2)3)43(39,6)31-29-40(37)42/h14-15,26,35-36,38-42H,7-13,16-25,27-34H2,1-6H3;24,33-34,36-40H,7-23,25-32H2,1-6H3/b15-14-;/t36-,38?,39?,40-,41?,42?,44+,45-;34-,36?,37?,38-,39?,40?,42+,43-/m11/s1. The van der Waals surface area contributed by atoms with Gasteiger partial charge in [0.1, 0.15) is 12.2 Å². The highest BCUT2D eigenvalue weighted by atomic mass is 16.5. The molecule has 8 aliphatic carbocycles. The van der Waals surface area contributed by atoms with Crippen molar-refractivity contribution >= 4 is 11.9 Å². The molecule has 0 spiro atoms. The van der Waals surface area contributed by atoms with Crippen molar-refractivity contribution in [3.63, 3.8) is 0 Å². The van der Waals surface area contributed by atoms with E-state index in [0.29, 0.717) is 34.5 Å². The summed E-state index contributed by atoms with van der Waals surface area (Å²) in [6.45, 7) is 29.9. The largest absolute Gasteiger partial charge is 0.462 e. The van der Waals surface area contributed by atoms with Gasteiger partial charge in [0, 0.05) is 25.7 Å². The quantitative estimate of drug-likeness (QED) is 0.0348. The van der Waals surface area contributed by atoms with Crippen molar-refractivity contribution in [3.05, 3.63) is 35.5 Å². The second-order valence-corrected chi connectivity index (χ2v) is 35.6. The van der Waals surface area contributed by atoms with Crippen molar-refractivity contribution in [2.45, 2.75) is 416 Å². The second-order valence-electron chi connectivity index (χ2n) is 35.6. The van der Waals surface area contributed by atoms with Gasteiger partial charge >= 0.3 is 11.9 Å². The molecule has 8 unspecified atom stereocenters. The Balaban J connectivity index is 0.000000261. The molecule has 530 valence electrons. The average molecular weight is 1280 g/mol. The topological polar surface area (TPSA) is 52.6 Å². The molecule has 0 saturated heterocycles. The molecule has 92 heavy (non-hydrogen) atoms. The monoisotopic (exact) mass is 1280 g/mol. The maximum atomic E-state index is 12.8. The van der Waals surface area contributed by atoms with Crippen LogP contribution in [0.25, 0.3) is 0 Å². The summed E-state index contributed by atoms with van der Waals surface area (Å²) in [5.74, 6) is 10.7. The number of carbonyl (C=O) groups excluding carboxylic acids is 2. The lowest BCUT2D eigenvalue weighted by Gasteiger charge is -2.58. The van der Waals surface area contributed by atoms with E-state index >= 15 is 0 Å². The first-order valence-electron chi connectivity index (χ1n) is 41.8. The molecule has 0 aromatic rings. The van der Waals surface area contributed by atoms with Gasteiger partial charge < -0.3 is 9.47 Å². The fraction of sp³-hybridized carbons (Fsp3) is 0.909. The number of ether oxygens (including phenoxy) is 2. The van der Waals surface area contributed by atoms with Crippen LogP contribution in [0.5, 0.6) is 0 Å². The molecule has 0 aliphatic heterocycles. The number of hydrogen-bond acceptors (Lipinski definition) is 4. The Kier molecular flexibility index (Phi) is 33.4. The van der Waals surface area contributed by atoms with Gasteiger partial charge in [-0.05, 0) is 221 Å². The van der Waals surface area contributed by atoms with Crippen molar-refractivity contribution < 1.29 is 19.1 Å². The number of hydrogen-bond donors (Lipinski definition) is 0. The van der Waals surface area contributed by atoms with Crippen LogP contribution < -0.4 is 0 Å².